The average Bonchev–Trinajstić information content (AvgIpc) is 2.81. The van der Waals surface area contributed by atoms with Crippen molar-refractivity contribution in [2.75, 3.05) is 0 Å². The second-order valence-corrected chi connectivity index (χ2v) is 8.69. The monoisotopic (exact) mass is 332 g/mol. The van der Waals surface area contributed by atoms with Crippen LogP contribution >= 0.6 is 0 Å². The van der Waals surface area contributed by atoms with E-state index in [1.165, 1.54) is 11.6 Å². The van der Waals surface area contributed by atoms with Crippen LogP contribution in [0.1, 0.15) is 49.7 Å². The molecule has 2 fully saturated rings. The molecule has 0 aromatic heterocycles. The Hall–Kier alpha value is -1.46. The minimum absolute atomic E-state index is 0.0372. The smallest absolute Gasteiger partial charge is 0.294 e. The van der Waals surface area contributed by atoms with Crippen LogP contribution in [0.25, 0.3) is 0 Å². The Morgan fingerprint density at radius 3 is 2.78 bits per heavy atom. The third-order valence-corrected chi connectivity index (χ3v) is 7.02. The summed E-state index contributed by atoms with van der Waals surface area (Å²) >= 11 is 0. The molecule has 0 bridgehead atoms. The molecule has 23 heavy (non-hydrogen) atoms. The molecule has 122 valence electrons. The Bertz CT molecular complexity index is 837. The van der Waals surface area contributed by atoms with Gasteiger partial charge in [-0.25, -0.2) is 0 Å². The molecule has 0 aliphatic heterocycles. The largest absolute Gasteiger partial charge is 0.299 e. The van der Waals surface area contributed by atoms with E-state index in [2.05, 4.69) is 13.0 Å². The maximum atomic E-state index is 12.3. The molecule has 0 radical (unpaired) electrons. The highest BCUT2D eigenvalue weighted by molar-refractivity contribution is 7.85. The van der Waals surface area contributed by atoms with Crippen molar-refractivity contribution in [3.8, 4) is 0 Å². The predicted octanol–water partition coefficient (Wildman–Crippen LogP) is 3.28. The lowest BCUT2D eigenvalue weighted by atomic mass is 9.60. The van der Waals surface area contributed by atoms with Gasteiger partial charge in [0.1, 0.15) is 5.78 Å². The summed E-state index contributed by atoms with van der Waals surface area (Å²) in [6, 6.07) is 4.92. The van der Waals surface area contributed by atoms with Gasteiger partial charge in [-0.1, -0.05) is 24.6 Å². The van der Waals surface area contributed by atoms with Crippen molar-refractivity contribution in [2.45, 2.75) is 49.8 Å². The van der Waals surface area contributed by atoms with Gasteiger partial charge in [0.25, 0.3) is 10.1 Å². The molecule has 0 heterocycles. The molecule has 0 unspecified atom stereocenters. The van der Waals surface area contributed by atoms with E-state index in [9.17, 15) is 17.8 Å². The van der Waals surface area contributed by atoms with E-state index in [-0.39, 0.29) is 16.2 Å². The zero-order chi connectivity index (χ0) is 16.4. The van der Waals surface area contributed by atoms with Gasteiger partial charge in [0, 0.05) is 17.8 Å². The van der Waals surface area contributed by atoms with Gasteiger partial charge in [-0.15, -0.1) is 0 Å². The van der Waals surface area contributed by atoms with Crippen LogP contribution in [0.2, 0.25) is 0 Å². The van der Waals surface area contributed by atoms with Crippen molar-refractivity contribution in [1.29, 1.82) is 0 Å². The van der Waals surface area contributed by atoms with Gasteiger partial charge >= 0.3 is 0 Å². The summed E-state index contributed by atoms with van der Waals surface area (Å²) in [6.07, 6.45) is 6.32. The van der Waals surface area contributed by atoms with Gasteiger partial charge < -0.3 is 0 Å². The van der Waals surface area contributed by atoms with Gasteiger partial charge in [0.2, 0.25) is 0 Å². The summed E-state index contributed by atoms with van der Waals surface area (Å²) < 4.78 is 31.9. The van der Waals surface area contributed by atoms with Crippen molar-refractivity contribution in [3.05, 3.63) is 41.0 Å². The van der Waals surface area contributed by atoms with Crippen molar-refractivity contribution < 1.29 is 17.8 Å². The number of allylic oxidation sites excluding steroid dienone is 2. The molecule has 0 amide bonds. The van der Waals surface area contributed by atoms with Crippen LogP contribution in [-0.2, 0) is 21.3 Å². The fraction of sp³-hybridized carbons (Fsp3) is 0.500. The lowest BCUT2D eigenvalue weighted by Gasteiger charge is -2.43. The third-order valence-electron chi connectivity index (χ3n) is 6.17. The quantitative estimate of drug-likeness (QED) is 0.633. The van der Waals surface area contributed by atoms with Crippen molar-refractivity contribution in [3.63, 3.8) is 0 Å². The minimum atomic E-state index is -4.16. The zero-order valence-corrected chi connectivity index (χ0v) is 13.9. The second kappa shape index (κ2) is 4.77. The lowest BCUT2D eigenvalue weighted by Crippen LogP contribution is -2.37. The Kier molecular flexibility index (Phi) is 3.13. The molecule has 1 aromatic rings. The minimum Gasteiger partial charge on any atom is -0.299 e. The summed E-state index contributed by atoms with van der Waals surface area (Å²) in [6.45, 7) is 2.11. The van der Waals surface area contributed by atoms with Crippen molar-refractivity contribution in [1.82, 2.24) is 0 Å². The van der Waals surface area contributed by atoms with Crippen LogP contribution in [0.5, 0.6) is 0 Å². The molecule has 5 heteroatoms. The first kappa shape index (κ1) is 15.1. The molecule has 1 N–H and O–H groups in total. The van der Waals surface area contributed by atoms with Crippen LogP contribution in [0.15, 0.2) is 34.7 Å². The Morgan fingerprint density at radius 1 is 1.26 bits per heavy atom. The van der Waals surface area contributed by atoms with Crippen LogP contribution in [0.4, 0.5) is 0 Å². The van der Waals surface area contributed by atoms with E-state index < -0.39 is 10.1 Å². The molecule has 0 saturated heterocycles. The Balaban J connectivity index is 1.75. The highest BCUT2D eigenvalue weighted by atomic mass is 32.2. The van der Waals surface area contributed by atoms with E-state index in [1.807, 2.05) is 6.07 Å². The first-order valence-corrected chi connectivity index (χ1v) is 9.58. The summed E-state index contributed by atoms with van der Waals surface area (Å²) in [5.74, 6) is 1.02. The SMILES string of the molecule is C[C@]12CC[C@H]3C(=CCc4cc(S(=O)(=O)O)ccc43)[C@@H]1CCC2=O. The molecule has 2 saturated carbocycles. The molecular formula is C18H20O4S. The van der Waals surface area contributed by atoms with E-state index >= 15 is 0 Å². The number of benzene rings is 1. The molecule has 0 spiro atoms. The van der Waals surface area contributed by atoms with Crippen LogP contribution < -0.4 is 0 Å². The fourth-order valence-electron chi connectivity index (χ4n) is 4.88. The zero-order valence-electron chi connectivity index (χ0n) is 13.1. The second-order valence-electron chi connectivity index (χ2n) is 7.27. The molecule has 4 nitrogen and oxygen atoms in total. The number of carbonyl (C=O) groups excluding carboxylic acids is 1. The van der Waals surface area contributed by atoms with Gasteiger partial charge in [-0.05, 0) is 54.9 Å². The highest BCUT2D eigenvalue weighted by Crippen LogP contribution is 2.57. The molecular weight excluding hydrogens is 312 g/mol. The van der Waals surface area contributed by atoms with Crippen molar-refractivity contribution in [2.24, 2.45) is 11.3 Å². The van der Waals surface area contributed by atoms with Gasteiger partial charge in [0.15, 0.2) is 0 Å². The number of ketones is 1. The van der Waals surface area contributed by atoms with E-state index in [0.717, 1.165) is 30.4 Å². The standard InChI is InChI=1S/C18H20O4S/c1-18-9-8-14-13-5-3-12(23(20,21)22)10-11(13)2-4-15(14)16(18)6-7-17(18)19/h3-5,10,14,16H,2,6-9H2,1H3,(H,20,21,22)/t14-,16+,18+/m1/s1. The predicted molar refractivity (Wildman–Crippen MR) is 85.9 cm³/mol. The Morgan fingerprint density at radius 2 is 2.04 bits per heavy atom. The molecule has 3 atom stereocenters. The number of carbonyl (C=O) groups is 1. The maximum absolute atomic E-state index is 12.3. The summed E-state index contributed by atoms with van der Waals surface area (Å²) in [4.78, 5) is 12.2. The first-order valence-electron chi connectivity index (χ1n) is 8.14. The van der Waals surface area contributed by atoms with Gasteiger partial charge in [-0.2, -0.15) is 8.42 Å². The number of Topliss-reactive ketones (excluding diaryl/α,β-unsaturated/α-hetero) is 1. The van der Waals surface area contributed by atoms with Gasteiger partial charge in [-0.3, -0.25) is 9.35 Å². The van der Waals surface area contributed by atoms with Gasteiger partial charge in [0.05, 0.1) is 4.90 Å². The normalized spacial score (nSPS) is 32.8. The third kappa shape index (κ3) is 2.13. The summed E-state index contributed by atoms with van der Waals surface area (Å²) in [7, 11) is -4.16. The fourth-order valence-corrected chi connectivity index (χ4v) is 5.41. The number of fused-ring (bicyclic) bond motifs is 5. The number of hydrogen-bond donors (Lipinski definition) is 1. The number of hydrogen-bond acceptors (Lipinski definition) is 3. The van der Waals surface area contributed by atoms with E-state index in [4.69, 9.17) is 0 Å². The molecule has 1 aromatic carbocycles. The lowest BCUT2D eigenvalue weighted by molar-refractivity contribution is -0.126. The van der Waals surface area contributed by atoms with Crippen LogP contribution in [0, 0.1) is 11.3 Å². The van der Waals surface area contributed by atoms with E-state index in [1.54, 1.807) is 6.07 Å². The highest BCUT2D eigenvalue weighted by Gasteiger charge is 2.52. The molecule has 4 rings (SSSR count). The maximum Gasteiger partial charge on any atom is 0.294 e. The topological polar surface area (TPSA) is 71.4 Å². The summed E-state index contributed by atoms with van der Waals surface area (Å²) in [5.41, 5.74) is 3.31. The Labute approximate surface area is 136 Å². The average molecular weight is 332 g/mol. The first-order chi connectivity index (χ1) is 10.8. The van der Waals surface area contributed by atoms with Crippen LogP contribution in [-0.4, -0.2) is 18.8 Å². The molecule has 3 aliphatic carbocycles. The van der Waals surface area contributed by atoms with E-state index in [0.29, 0.717) is 24.5 Å². The number of rotatable bonds is 1. The van der Waals surface area contributed by atoms with Crippen LogP contribution in [0.3, 0.4) is 0 Å². The molecule has 3 aliphatic rings. The summed E-state index contributed by atoms with van der Waals surface area (Å²) in [5, 5.41) is 0. The van der Waals surface area contributed by atoms with Crippen molar-refractivity contribution >= 4 is 15.9 Å².